The van der Waals surface area contributed by atoms with Crippen LogP contribution in [-0.2, 0) is 6.54 Å². The molecular weight excluding hydrogens is 304 g/mol. The van der Waals surface area contributed by atoms with Gasteiger partial charge in [0.05, 0.1) is 17.6 Å². The van der Waals surface area contributed by atoms with Crippen molar-refractivity contribution in [2.75, 3.05) is 0 Å². The maximum absolute atomic E-state index is 13.6. The van der Waals surface area contributed by atoms with E-state index < -0.39 is 23.1 Å². The van der Waals surface area contributed by atoms with Gasteiger partial charge in [0.1, 0.15) is 17.2 Å². The van der Waals surface area contributed by atoms with Gasteiger partial charge in [-0.15, -0.1) is 0 Å². The van der Waals surface area contributed by atoms with Crippen LogP contribution in [0.5, 0.6) is 0 Å². The number of nitrogens with zero attached hydrogens (tertiary/aromatic N) is 1. The predicted octanol–water partition coefficient (Wildman–Crippen LogP) is 2.13. The Bertz CT molecular complexity index is 933. The molecule has 3 rings (SSSR count). The molecule has 0 aliphatic rings. The third-order valence-electron chi connectivity index (χ3n) is 3.38. The first-order chi connectivity index (χ1) is 11.1. The minimum atomic E-state index is -0.943. The van der Waals surface area contributed by atoms with Gasteiger partial charge < -0.3 is 5.32 Å². The van der Waals surface area contributed by atoms with Crippen molar-refractivity contribution in [1.29, 1.82) is 0 Å². The molecule has 0 aliphatic heterocycles. The Morgan fingerprint density at radius 3 is 2.39 bits per heavy atom. The number of rotatable bonds is 3. The molecule has 0 radical (unpaired) electrons. The number of nitrogens with one attached hydrogen (secondary N) is 2. The number of carbonyl (C=O) groups is 1. The Labute approximate surface area is 129 Å². The average Bonchev–Trinajstić information content (AvgIpc) is 2.54. The number of halogens is 2. The predicted molar refractivity (Wildman–Crippen MR) is 79.9 cm³/mol. The number of aromatic nitrogens is 2. The topological polar surface area (TPSA) is 74.8 Å². The van der Waals surface area contributed by atoms with Crippen molar-refractivity contribution < 1.29 is 13.6 Å². The second-order valence-electron chi connectivity index (χ2n) is 4.82. The molecule has 0 bridgehead atoms. The first-order valence-corrected chi connectivity index (χ1v) is 6.76. The van der Waals surface area contributed by atoms with E-state index in [0.29, 0.717) is 16.5 Å². The van der Waals surface area contributed by atoms with Crippen molar-refractivity contribution >= 4 is 16.7 Å². The molecule has 2 aromatic carbocycles. The van der Waals surface area contributed by atoms with E-state index in [9.17, 15) is 18.4 Å². The molecule has 5 nitrogen and oxygen atoms in total. The lowest BCUT2D eigenvalue weighted by Gasteiger charge is -2.08. The van der Waals surface area contributed by atoms with Crippen LogP contribution in [0.25, 0.3) is 10.8 Å². The fourth-order valence-electron chi connectivity index (χ4n) is 2.27. The SMILES string of the molecule is O=C(NCc1n[nH]c(=O)c2ccccc12)c1c(F)cccc1F. The van der Waals surface area contributed by atoms with Gasteiger partial charge in [-0.25, -0.2) is 13.9 Å². The Hall–Kier alpha value is -3.09. The van der Waals surface area contributed by atoms with E-state index in [4.69, 9.17) is 0 Å². The summed E-state index contributed by atoms with van der Waals surface area (Å²) >= 11 is 0. The lowest BCUT2D eigenvalue weighted by molar-refractivity contribution is 0.0942. The summed E-state index contributed by atoms with van der Waals surface area (Å²) in [4.78, 5) is 23.6. The zero-order valence-electron chi connectivity index (χ0n) is 11.8. The van der Waals surface area contributed by atoms with Gasteiger partial charge in [-0.2, -0.15) is 5.10 Å². The Morgan fingerprint density at radius 2 is 1.70 bits per heavy atom. The van der Waals surface area contributed by atoms with E-state index >= 15 is 0 Å². The van der Waals surface area contributed by atoms with Gasteiger partial charge in [-0.05, 0) is 18.2 Å². The molecule has 7 heteroatoms. The summed E-state index contributed by atoms with van der Waals surface area (Å²) in [6, 6.07) is 9.93. The normalized spacial score (nSPS) is 10.7. The number of aromatic amines is 1. The van der Waals surface area contributed by atoms with Crippen molar-refractivity contribution in [2.45, 2.75) is 6.54 Å². The highest BCUT2D eigenvalue weighted by atomic mass is 19.1. The van der Waals surface area contributed by atoms with Crippen LogP contribution in [0, 0.1) is 11.6 Å². The van der Waals surface area contributed by atoms with Crippen molar-refractivity contribution in [3.05, 3.63) is 75.7 Å². The highest BCUT2D eigenvalue weighted by Gasteiger charge is 2.17. The number of hydrogen-bond donors (Lipinski definition) is 2. The number of carbonyl (C=O) groups excluding carboxylic acids is 1. The molecule has 0 unspecified atom stereocenters. The van der Waals surface area contributed by atoms with Gasteiger partial charge in [0, 0.05) is 5.39 Å². The van der Waals surface area contributed by atoms with Crippen LogP contribution in [0.2, 0.25) is 0 Å². The Kier molecular flexibility index (Phi) is 3.84. The van der Waals surface area contributed by atoms with Crippen molar-refractivity contribution in [2.24, 2.45) is 0 Å². The fraction of sp³-hybridized carbons (Fsp3) is 0.0625. The highest BCUT2D eigenvalue weighted by molar-refractivity contribution is 5.95. The summed E-state index contributed by atoms with van der Waals surface area (Å²) in [5, 5.41) is 9.59. The smallest absolute Gasteiger partial charge is 0.272 e. The highest BCUT2D eigenvalue weighted by Crippen LogP contribution is 2.14. The van der Waals surface area contributed by atoms with E-state index in [2.05, 4.69) is 15.5 Å². The molecule has 2 N–H and O–H groups in total. The summed E-state index contributed by atoms with van der Waals surface area (Å²) in [5.41, 5.74) is -0.609. The summed E-state index contributed by atoms with van der Waals surface area (Å²) in [6.45, 7) is -0.0795. The van der Waals surface area contributed by atoms with Gasteiger partial charge in [0.25, 0.3) is 11.5 Å². The zero-order chi connectivity index (χ0) is 16.4. The second kappa shape index (κ2) is 5.96. The van der Waals surface area contributed by atoms with E-state index in [-0.39, 0.29) is 12.1 Å². The molecule has 0 saturated carbocycles. The third kappa shape index (κ3) is 2.80. The zero-order valence-corrected chi connectivity index (χ0v) is 11.8. The molecular formula is C16H11F2N3O2. The maximum atomic E-state index is 13.6. The minimum Gasteiger partial charge on any atom is -0.346 e. The molecule has 1 heterocycles. The van der Waals surface area contributed by atoms with Crippen LogP contribution in [0.15, 0.2) is 47.3 Å². The summed E-state index contributed by atoms with van der Waals surface area (Å²) in [5.74, 6) is -2.78. The van der Waals surface area contributed by atoms with Crippen LogP contribution >= 0.6 is 0 Å². The molecule has 0 aliphatic carbocycles. The Balaban J connectivity index is 1.88. The monoisotopic (exact) mass is 315 g/mol. The molecule has 0 spiro atoms. The van der Waals surface area contributed by atoms with Gasteiger partial charge in [-0.1, -0.05) is 24.3 Å². The van der Waals surface area contributed by atoms with Crippen molar-refractivity contribution in [3.63, 3.8) is 0 Å². The van der Waals surface area contributed by atoms with Gasteiger partial charge in [0.15, 0.2) is 0 Å². The van der Waals surface area contributed by atoms with Crippen LogP contribution < -0.4 is 10.9 Å². The first-order valence-electron chi connectivity index (χ1n) is 6.76. The molecule has 0 atom stereocenters. The van der Waals surface area contributed by atoms with E-state index in [1.807, 2.05) is 0 Å². The maximum Gasteiger partial charge on any atom is 0.272 e. The summed E-state index contributed by atoms with van der Waals surface area (Å²) < 4.78 is 27.1. The molecule has 0 saturated heterocycles. The number of H-pyrrole nitrogens is 1. The lowest BCUT2D eigenvalue weighted by atomic mass is 10.1. The molecule has 1 aromatic heterocycles. The first kappa shape index (κ1) is 14.8. The second-order valence-corrected chi connectivity index (χ2v) is 4.82. The van der Waals surface area contributed by atoms with Crippen LogP contribution in [0.1, 0.15) is 16.1 Å². The average molecular weight is 315 g/mol. The summed E-state index contributed by atoms with van der Waals surface area (Å²) in [7, 11) is 0. The Morgan fingerprint density at radius 1 is 1.04 bits per heavy atom. The molecule has 116 valence electrons. The van der Waals surface area contributed by atoms with Gasteiger partial charge >= 0.3 is 0 Å². The van der Waals surface area contributed by atoms with E-state index in [0.717, 1.165) is 12.1 Å². The summed E-state index contributed by atoms with van der Waals surface area (Å²) in [6.07, 6.45) is 0. The quantitative estimate of drug-likeness (QED) is 0.777. The molecule has 0 fully saturated rings. The standard InChI is InChI=1S/C16H11F2N3O2/c17-11-6-3-7-12(18)14(11)16(23)19-8-13-9-4-1-2-5-10(9)15(22)21-20-13/h1-7H,8H2,(H,19,23)(H,21,22). The third-order valence-corrected chi connectivity index (χ3v) is 3.38. The molecule has 3 aromatic rings. The van der Waals surface area contributed by atoms with Crippen LogP contribution in [0.3, 0.4) is 0 Å². The van der Waals surface area contributed by atoms with Crippen molar-refractivity contribution in [1.82, 2.24) is 15.5 Å². The van der Waals surface area contributed by atoms with Crippen LogP contribution in [-0.4, -0.2) is 16.1 Å². The number of amides is 1. The number of fused-ring (bicyclic) bond motifs is 1. The fourth-order valence-corrected chi connectivity index (χ4v) is 2.27. The van der Waals surface area contributed by atoms with Gasteiger partial charge in [-0.3, -0.25) is 9.59 Å². The van der Waals surface area contributed by atoms with E-state index in [1.54, 1.807) is 24.3 Å². The lowest BCUT2D eigenvalue weighted by Crippen LogP contribution is -2.26. The number of hydrogen-bond acceptors (Lipinski definition) is 3. The molecule has 23 heavy (non-hydrogen) atoms. The van der Waals surface area contributed by atoms with E-state index in [1.165, 1.54) is 6.07 Å². The largest absolute Gasteiger partial charge is 0.346 e. The molecule has 1 amide bonds. The van der Waals surface area contributed by atoms with Gasteiger partial charge in [0.2, 0.25) is 0 Å². The van der Waals surface area contributed by atoms with Crippen LogP contribution in [0.4, 0.5) is 8.78 Å². The minimum absolute atomic E-state index is 0.0795. The van der Waals surface area contributed by atoms with Crippen molar-refractivity contribution in [3.8, 4) is 0 Å². The number of benzene rings is 2.